The lowest BCUT2D eigenvalue weighted by Gasteiger charge is -2.24. The van der Waals surface area contributed by atoms with Crippen molar-refractivity contribution in [3.63, 3.8) is 0 Å². The third-order valence-corrected chi connectivity index (χ3v) is 6.88. The maximum atomic E-state index is 12.8. The van der Waals surface area contributed by atoms with Crippen LogP contribution in [0.1, 0.15) is 30.9 Å². The Labute approximate surface area is 204 Å². The van der Waals surface area contributed by atoms with Gasteiger partial charge in [-0.3, -0.25) is 4.79 Å². The molecule has 3 heterocycles. The number of likely N-dealkylation sites (tertiary alicyclic amines) is 1. The molecule has 4 aromatic rings. The number of aromatic nitrogens is 2. The fourth-order valence-electron chi connectivity index (χ4n) is 4.98. The lowest BCUT2D eigenvalue weighted by Crippen LogP contribution is -2.39. The van der Waals surface area contributed by atoms with E-state index in [2.05, 4.69) is 16.0 Å². The smallest absolute Gasteiger partial charge is 0.224 e. The summed E-state index contributed by atoms with van der Waals surface area (Å²) in [5.74, 6) is 0.800. The summed E-state index contributed by atoms with van der Waals surface area (Å²) in [6, 6.07) is 17.5. The number of aromatic amines is 1. The van der Waals surface area contributed by atoms with E-state index in [0.29, 0.717) is 6.54 Å². The fourth-order valence-corrected chi connectivity index (χ4v) is 4.98. The van der Waals surface area contributed by atoms with E-state index in [9.17, 15) is 9.90 Å². The van der Waals surface area contributed by atoms with Crippen LogP contribution in [0.3, 0.4) is 0 Å². The Morgan fingerprint density at radius 2 is 2.06 bits per heavy atom. The molecule has 5 rings (SSSR count). The van der Waals surface area contributed by atoms with Crippen molar-refractivity contribution < 1.29 is 14.6 Å². The number of aliphatic hydroxyl groups is 1. The summed E-state index contributed by atoms with van der Waals surface area (Å²) in [5.41, 5.74) is 12.1. The molecule has 0 aliphatic carbocycles. The highest BCUT2D eigenvalue weighted by molar-refractivity contribution is 5.97. The van der Waals surface area contributed by atoms with Crippen molar-refractivity contribution in [1.82, 2.24) is 14.9 Å². The van der Waals surface area contributed by atoms with Crippen LogP contribution in [0.15, 0.2) is 67.0 Å². The maximum Gasteiger partial charge on any atom is 0.224 e. The molecule has 180 valence electrons. The Bertz CT molecular complexity index is 1350. The molecule has 1 aliphatic heterocycles. The van der Waals surface area contributed by atoms with E-state index in [-0.39, 0.29) is 25.0 Å². The first-order valence-electron chi connectivity index (χ1n) is 12.0. The van der Waals surface area contributed by atoms with Gasteiger partial charge in [0.2, 0.25) is 5.91 Å². The van der Waals surface area contributed by atoms with Crippen LogP contribution in [0.4, 0.5) is 0 Å². The number of nitrogens with one attached hydrogen (secondary N) is 1. The Morgan fingerprint density at radius 3 is 2.89 bits per heavy atom. The van der Waals surface area contributed by atoms with Gasteiger partial charge < -0.3 is 25.5 Å². The highest BCUT2D eigenvalue weighted by Gasteiger charge is 2.29. The minimum Gasteiger partial charge on any atom is -0.496 e. The van der Waals surface area contributed by atoms with Crippen LogP contribution in [0, 0.1) is 0 Å². The van der Waals surface area contributed by atoms with Crippen LogP contribution < -0.4 is 10.5 Å². The van der Waals surface area contributed by atoms with Crippen molar-refractivity contribution >= 4 is 16.9 Å². The fraction of sp³-hybridized carbons (Fsp3) is 0.286. The van der Waals surface area contributed by atoms with Crippen LogP contribution in [0.25, 0.3) is 33.3 Å². The van der Waals surface area contributed by atoms with Crippen molar-refractivity contribution in [3.8, 4) is 28.0 Å². The molecule has 0 spiro atoms. The Hall–Kier alpha value is -3.68. The third-order valence-electron chi connectivity index (χ3n) is 6.88. The lowest BCUT2D eigenvalue weighted by molar-refractivity contribution is -0.133. The zero-order chi connectivity index (χ0) is 24.4. The summed E-state index contributed by atoms with van der Waals surface area (Å²) in [6.07, 6.45) is 5.78. The molecule has 0 bridgehead atoms. The number of carbonyl (C=O) groups excluding carboxylic acids is 1. The van der Waals surface area contributed by atoms with Gasteiger partial charge in [-0.1, -0.05) is 36.4 Å². The number of hydrogen-bond donors (Lipinski definition) is 3. The van der Waals surface area contributed by atoms with Crippen molar-refractivity contribution in [2.24, 2.45) is 5.73 Å². The molecule has 7 heteroatoms. The monoisotopic (exact) mass is 470 g/mol. The van der Waals surface area contributed by atoms with Gasteiger partial charge in [0.05, 0.1) is 19.8 Å². The molecule has 7 nitrogen and oxygen atoms in total. The van der Waals surface area contributed by atoms with Crippen LogP contribution in [-0.4, -0.2) is 52.2 Å². The molecule has 35 heavy (non-hydrogen) atoms. The molecule has 4 N–H and O–H groups in total. The van der Waals surface area contributed by atoms with Gasteiger partial charge in [0.15, 0.2) is 0 Å². The molecule has 0 saturated carbocycles. The van der Waals surface area contributed by atoms with E-state index < -0.39 is 6.04 Å². The van der Waals surface area contributed by atoms with Crippen LogP contribution in [-0.2, 0) is 4.79 Å². The highest BCUT2D eigenvalue weighted by atomic mass is 16.5. The maximum absolute atomic E-state index is 12.8. The van der Waals surface area contributed by atoms with Gasteiger partial charge in [-0.15, -0.1) is 0 Å². The second kappa shape index (κ2) is 9.90. The summed E-state index contributed by atoms with van der Waals surface area (Å²) in [7, 11) is 1.67. The van der Waals surface area contributed by atoms with Crippen LogP contribution >= 0.6 is 0 Å². The largest absolute Gasteiger partial charge is 0.496 e. The molecule has 1 unspecified atom stereocenters. The number of methoxy groups -OCH3 is 1. The van der Waals surface area contributed by atoms with Gasteiger partial charge in [0.25, 0.3) is 0 Å². The minimum atomic E-state index is -0.421. The zero-order valence-electron chi connectivity index (χ0n) is 19.8. The second-order valence-electron chi connectivity index (χ2n) is 9.02. The first-order valence-corrected chi connectivity index (χ1v) is 12.0. The van der Waals surface area contributed by atoms with Gasteiger partial charge in [-0.05, 0) is 42.2 Å². The minimum absolute atomic E-state index is 0.00192. The number of carbonyl (C=O) groups is 1. The molecule has 1 amide bonds. The van der Waals surface area contributed by atoms with Gasteiger partial charge >= 0.3 is 0 Å². The number of fused-ring (bicyclic) bond motifs is 1. The van der Waals surface area contributed by atoms with E-state index >= 15 is 0 Å². The number of hydrogen-bond acceptors (Lipinski definition) is 5. The summed E-state index contributed by atoms with van der Waals surface area (Å²) in [6.45, 7) is 0.690. The average Bonchev–Trinajstić information content (AvgIpc) is 3.55. The van der Waals surface area contributed by atoms with Crippen molar-refractivity contribution in [2.75, 3.05) is 20.3 Å². The number of para-hydroxylation sites is 1. The van der Waals surface area contributed by atoms with Crippen molar-refractivity contribution in [2.45, 2.75) is 31.3 Å². The lowest BCUT2D eigenvalue weighted by atomic mass is 9.97. The SMILES string of the molecule is COc1ccccc1-c1c[nH]c2ncc(-c3cccc(C(N)CC(=O)N4CCC[C@@H]4CO)c3)cc12. The van der Waals surface area contributed by atoms with Crippen molar-refractivity contribution in [3.05, 3.63) is 72.6 Å². The van der Waals surface area contributed by atoms with E-state index in [0.717, 1.165) is 57.4 Å². The molecule has 1 fully saturated rings. The molecular weight excluding hydrogens is 440 g/mol. The number of nitrogens with zero attached hydrogens (tertiary/aromatic N) is 2. The molecule has 1 aliphatic rings. The molecule has 1 saturated heterocycles. The number of nitrogens with two attached hydrogens (primary N) is 1. The number of H-pyrrole nitrogens is 1. The number of amides is 1. The first kappa shape index (κ1) is 23.1. The predicted octanol–water partition coefficient (Wildman–Crippen LogP) is 4.28. The van der Waals surface area contributed by atoms with Gasteiger partial charge in [0, 0.05) is 53.5 Å². The molecule has 0 radical (unpaired) electrons. The normalized spacial score (nSPS) is 16.5. The summed E-state index contributed by atoms with van der Waals surface area (Å²) in [5, 5.41) is 10.5. The topological polar surface area (TPSA) is 104 Å². The van der Waals surface area contributed by atoms with Gasteiger partial charge in [-0.2, -0.15) is 0 Å². The number of pyridine rings is 1. The van der Waals surface area contributed by atoms with E-state index in [1.54, 1.807) is 12.0 Å². The predicted molar refractivity (Wildman–Crippen MR) is 137 cm³/mol. The number of aliphatic hydroxyl groups excluding tert-OH is 1. The molecule has 2 aromatic heterocycles. The Morgan fingerprint density at radius 1 is 1.20 bits per heavy atom. The van der Waals surface area contributed by atoms with Crippen LogP contribution in [0.2, 0.25) is 0 Å². The Balaban J connectivity index is 1.42. The summed E-state index contributed by atoms with van der Waals surface area (Å²) in [4.78, 5) is 22.5. The number of benzene rings is 2. The summed E-state index contributed by atoms with van der Waals surface area (Å²) < 4.78 is 5.56. The highest BCUT2D eigenvalue weighted by Crippen LogP contribution is 2.36. The average molecular weight is 471 g/mol. The van der Waals surface area contributed by atoms with Crippen molar-refractivity contribution in [1.29, 1.82) is 0 Å². The number of ether oxygens (including phenoxy) is 1. The van der Waals surface area contributed by atoms with E-state index in [1.165, 1.54) is 0 Å². The van der Waals surface area contributed by atoms with Gasteiger partial charge in [0.1, 0.15) is 11.4 Å². The zero-order valence-corrected chi connectivity index (χ0v) is 19.8. The molecular formula is C28H30N4O3. The second-order valence-corrected chi connectivity index (χ2v) is 9.02. The standard InChI is InChI=1S/C28H30N4O3/c1-35-26-10-3-2-9-22(26)24-16-31-28-23(24)13-20(15-30-28)18-6-4-7-19(12-18)25(29)14-27(34)32-11-5-8-21(32)17-33/h2-4,6-7,9-10,12-13,15-16,21,25,33H,5,8,11,14,17,29H2,1H3,(H,30,31)/t21-,25?/m1/s1. The number of rotatable bonds is 7. The quantitative estimate of drug-likeness (QED) is 0.374. The molecule has 2 atom stereocenters. The van der Waals surface area contributed by atoms with E-state index in [1.807, 2.05) is 60.9 Å². The Kier molecular flexibility index (Phi) is 6.53. The first-order chi connectivity index (χ1) is 17.1. The third kappa shape index (κ3) is 4.52. The summed E-state index contributed by atoms with van der Waals surface area (Å²) >= 11 is 0. The molecule has 2 aromatic carbocycles. The van der Waals surface area contributed by atoms with Crippen LogP contribution in [0.5, 0.6) is 5.75 Å². The van der Waals surface area contributed by atoms with E-state index in [4.69, 9.17) is 10.5 Å². The van der Waals surface area contributed by atoms with Gasteiger partial charge in [-0.25, -0.2) is 4.98 Å².